The van der Waals surface area contributed by atoms with Gasteiger partial charge in [-0.25, -0.2) is 8.42 Å². The molecule has 14 heteroatoms. The van der Waals surface area contributed by atoms with Gasteiger partial charge in [0.15, 0.2) is 11.0 Å². The molecule has 4 rings (SSSR count). The van der Waals surface area contributed by atoms with Gasteiger partial charge in [0.05, 0.1) is 24.8 Å². The van der Waals surface area contributed by atoms with Gasteiger partial charge in [0.2, 0.25) is 21.1 Å². The average molecular weight is 532 g/mol. The number of aryl methyl sites for hydroxylation is 1. The fourth-order valence-corrected chi connectivity index (χ4v) is 5.03. The van der Waals surface area contributed by atoms with Gasteiger partial charge in [-0.05, 0) is 43.3 Å². The van der Waals surface area contributed by atoms with Crippen molar-refractivity contribution in [3.8, 4) is 22.8 Å². The molecular weight excluding hydrogens is 510 g/mol. The third-order valence-corrected chi connectivity index (χ3v) is 6.80. The minimum Gasteiger partial charge on any atom is -0.495 e. The highest BCUT2D eigenvalue weighted by molar-refractivity contribution is 7.99. The number of para-hydroxylation sites is 2. The van der Waals surface area contributed by atoms with Gasteiger partial charge in [-0.1, -0.05) is 35.2 Å². The summed E-state index contributed by atoms with van der Waals surface area (Å²) in [5.41, 5.74) is 1.82. The number of benzene rings is 2. The maximum Gasteiger partial charge on any atom is 0.236 e. The van der Waals surface area contributed by atoms with Crippen molar-refractivity contribution in [1.82, 2.24) is 25.0 Å². The van der Waals surface area contributed by atoms with Crippen molar-refractivity contribution >= 4 is 49.8 Å². The lowest BCUT2D eigenvalue weighted by atomic mass is 10.2. The molecule has 0 radical (unpaired) electrons. The van der Waals surface area contributed by atoms with Gasteiger partial charge < -0.3 is 4.74 Å². The van der Waals surface area contributed by atoms with Gasteiger partial charge in [-0.3, -0.25) is 19.4 Å². The monoisotopic (exact) mass is 531 g/mol. The molecular formula is C21H21N7O4S3. The Morgan fingerprint density at radius 3 is 2.49 bits per heavy atom. The molecule has 1 amide bonds. The van der Waals surface area contributed by atoms with Crippen LogP contribution in [0.4, 0.5) is 10.8 Å². The zero-order valence-corrected chi connectivity index (χ0v) is 21.4. The molecule has 2 heterocycles. The molecule has 2 N–H and O–H groups in total. The van der Waals surface area contributed by atoms with Gasteiger partial charge in [0.1, 0.15) is 10.8 Å². The highest BCUT2D eigenvalue weighted by atomic mass is 32.2. The van der Waals surface area contributed by atoms with E-state index in [1.165, 1.54) is 23.1 Å². The summed E-state index contributed by atoms with van der Waals surface area (Å²) in [6.45, 7) is 1.81. The molecule has 0 fully saturated rings. The molecule has 0 saturated carbocycles. The van der Waals surface area contributed by atoms with Crippen LogP contribution in [0, 0.1) is 6.92 Å². The minimum absolute atomic E-state index is 0.0725. The zero-order chi connectivity index (χ0) is 25.0. The molecule has 0 saturated heterocycles. The summed E-state index contributed by atoms with van der Waals surface area (Å²) in [6.07, 6.45) is 1.09. The van der Waals surface area contributed by atoms with E-state index >= 15 is 0 Å². The van der Waals surface area contributed by atoms with E-state index in [4.69, 9.17) is 4.74 Å². The average Bonchev–Trinajstić information content (AvgIpc) is 3.43. The first kappa shape index (κ1) is 24.6. The van der Waals surface area contributed by atoms with Gasteiger partial charge in [0, 0.05) is 11.3 Å². The number of hydrogen-bond acceptors (Lipinski definition) is 10. The van der Waals surface area contributed by atoms with Crippen LogP contribution in [0.3, 0.4) is 0 Å². The highest BCUT2D eigenvalue weighted by Crippen LogP contribution is 2.33. The number of thioether (sulfide) groups is 1. The number of rotatable bonds is 9. The van der Waals surface area contributed by atoms with Crippen LogP contribution in [0.25, 0.3) is 17.1 Å². The lowest BCUT2D eigenvalue weighted by Gasteiger charge is -2.14. The van der Waals surface area contributed by atoms with Crippen molar-refractivity contribution in [2.24, 2.45) is 0 Å². The summed E-state index contributed by atoms with van der Waals surface area (Å²) >= 11 is 2.50. The fourth-order valence-electron chi connectivity index (χ4n) is 3.12. The molecule has 2 aromatic carbocycles. The van der Waals surface area contributed by atoms with Gasteiger partial charge in [0.25, 0.3) is 0 Å². The molecule has 0 aliphatic heterocycles. The first-order valence-corrected chi connectivity index (χ1v) is 13.8. The van der Waals surface area contributed by atoms with Crippen LogP contribution < -0.4 is 14.8 Å². The molecule has 2 aromatic heterocycles. The second-order valence-corrected chi connectivity index (χ2v) is 11.1. The number of amides is 1. The van der Waals surface area contributed by atoms with Gasteiger partial charge >= 0.3 is 0 Å². The molecule has 0 unspecified atom stereocenters. The number of nitrogens with one attached hydrogen (secondary N) is 2. The third kappa shape index (κ3) is 6.15. The minimum atomic E-state index is -3.40. The first-order valence-electron chi connectivity index (χ1n) is 10.1. The normalized spacial score (nSPS) is 11.3. The lowest BCUT2D eigenvalue weighted by Crippen LogP contribution is -2.14. The molecule has 182 valence electrons. The van der Waals surface area contributed by atoms with E-state index < -0.39 is 10.0 Å². The number of sulfonamides is 1. The topological polar surface area (TPSA) is 141 Å². The Morgan fingerprint density at radius 1 is 1.09 bits per heavy atom. The molecule has 0 spiro atoms. The van der Waals surface area contributed by atoms with E-state index in [9.17, 15) is 13.2 Å². The Morgan fingerprint density at radius 2 is 1.83 bits per heavy atom. The van der Waals surface area contributed by atoms with Crippen LogP contribution in [-0.2, 0) is 14.8 Å². The van der Waals surface area contributed by atoms with E-state index in [1.807, 2.05) is 31.2 Å². The SMILES string of the molecule is COc1ccccc1-n1c(SCC(=O)Nc2nnc(C)s2)nnc1-c1ccc(NS(C)(=O)=O)cc1. The first-order chi connectivity index (χ1) is 16.7. The molecule has 0 atom stereocenters. The smallest absolute Gasteiger partial charge is 0.236 e. The second-order valence-electron chi connectivity index (χ2n) is 7.23. The number of methoxy groups -OCH3 is 1. The van der Waals surface area contributed by atoms with Gasteiger partial charge in [-0.15, -0.1) is 20.4 Å². The van der Waals surface area contributed by atoms with Gasteiger partial charge in [-0.2, -0.15) is 0 Å². The van der Waals surface area contributed by atoms with E-state index in [2.05, 4.69) is 30.4 Å². The summed E-state index contributed by atoms with van der Waals surface area (Å²) in [5, 5.41) is 20.9. The van der Waals surface area contributed by atoms with Crippen molar-refractivity contribution in [1.29, 1.82) is 0 Å². The standard InChI is InChI=1S/C21H21N7O4S3/c1-13-23-25-20(34-13)22-18(29)12-33-21-26-24-19(28(21)16-6-4-5-7-17(16)32-2)14-8-10-15(11-9-14)27-35(3,30)31/h4-11,27H,12H2,1-3H3,(H,22,25,29). The van der Waals surface area contributed by atoms with Crippen LogP contribution in [0.2, 0.25) is 0 Å². The van der Waals surface area contributed by atoms with Crippen LogP contribution in [0.5, 0.6) is 5.75 Å². The maximum atomic E-state index is 12.5. The van der Waals surface area contributed by atoms with Crippen LogP contribution in [0.15, 0.2) is 53.7 Å². The van der Waals surface area contributed by atoms with Crippen molar-refractivity contribution in [3.63, 3.8) is 0 Å². The molecule has 11 nitrogen and oxygen atoms in total. The largest absolute Gasteiger partial charge is 0.495 e. The van der Waals surface area contributed by atoms with E-state index in [1.54, 1.807) is 35.9 Å². The van der Waals surface area contributed by atoms with Crippen LogP contribution in [0.1, 0.15) is 5.01 Å². The number of anilines is 2. The summed E-state index contributed by atoms with van der Waals surface area (Å²) in [7, 11) is -1.83. The van der Waals surface area contributed by atoms with Crippen LogP contribution in [-0.4, -0.2) is 58.4 Å². The fraction of sp³-hybridized carbons (Fsp3) is 0.190. The second kappa shape index (κ2) is 10.4. The molecule has 4 aromatic rings. The Kier molecular flexibility index (Phi) is 7.33. The Balaban J connectivity index is 1.65. The molecule has 35 heavy (non-hydrogen) atoms. The third-order valence-electron chi connectivity index (χ3n) is 4.51. The summed E-state index contributed by atoms with van der Waals surface area (Å²) in [4.78, 5) is 12.5. The number of nitrogens with zero attached hydrogens (tertiary/aromatic N) is 5. The van der Waals surface area contributed by atoms with Crippen molar-refractivity contribution in [2.75, 3.05) is 29.2 Å². The number of carbonyl (C=O) groups excluding carboxylic acids is 1. The summed E-state index contributed by atoms with van der Waals surface area (Å²) < 4.78 is 32.8. The number of ether oxygens (including phenoxy) is 1. The maximum absolute atomic E-state index is 12.5. The van der Waals surface area contributed by atoms with Crippen molar-refractivity contribution < 1.29 is 17.9 Å². The molecule has 0 aliphatic carbocycles. The van der Waals surface area contributed by atoms with Crippen LogP contribution >= 0.6 is 23.1 Å². The lowest BCUT2D eigenvalue weighted by molar-refractivity contribution is -0.113. The van der Waals surface area contributed by atoms with E-state index in [0.29, 0.717) is 38.8 Å². The Hall–Kier alpha value is -3.49. The summed E-state index contributed by atoms with van der Waals surface area (Å²) in [6, 6.07) is 14.1. The highest BCUT2D eigenvalue weighted by Gasteiger charge is 2.20. The van der Waals surface area contributed by atoms with E-state index in [-0.39, 0.29) is 11.7 Å². The zero-order valence-electron chi connectivity index (χ0n) is 18.9. The Labute approximate surface area is 210 Å². The van der Waals surface area contributed by atoms with Crippen molar-refractivity contribution in [3.05, 3.63) is 53.5 Å². The molecule has 0 aliphatic rings. The quantitative estimate of drug-likeness (QED) is 0.311. The van der Waals surface area contributed by atoms with Crippen molar-refractivity contribution in [2.45, 2.75) is 12.1 Å². The number of hydrogen-bond donors (Lipinski definition) is 2. The number of carbonyl (C=O) groups is 1. The summed E-state index contributed by atoms with van der Waals surface area (Å²) in [5.74, 6) is 0.921. The molecule has 0 bridgehead atoms. The predicted octanol–water partition coefficient (Wildman–Crippen LogP) is 3.21. The Bertz CT molecular complexity index is 1450. The van der Waals surface area contributed by atoms with E-state index in [0.717, 1.165) is 11.3 Å². The predicted molar refractivity (Wildman–Crippen MR) is 136 cm³/mol. The number of aromatic nitrogens is 5.